The summed E-state index contributed by atoms with van der Waals surface area (Å²) >= 11 is 0. The van der Waals surface area contributed by atoms with Crippen LogP contribution in [0.5, 0.6) is 0 Å². The number of likely N-dealkylation sites (tertiary alicyclic amines) is 1. The molecule has 3 amide bonds. The summed E-state index contributed by atoms with van der Waals surface area (Å²) in [7, 11) is 0. The fraction of sp³-hybridized carbons (Fsp3) is 0.750. The fourth-order valence-corrected chi connectivity index (χ4v) is 3.96. The van der Waals surface area contributed by atoms with Crippen molar-refractivity contribution in [3.8, 4) is 0 Å². The zero-order valence-electron chi connectivity index (χ0n) is 13.4. The minimum Gasteiger partial charge on any atom is -0.341 e. The van der Waals surface area contributed by atoms with Crippen molar-refractivity contribution in [2.45, 2.75) is 63.2 Å². The average Bonchev–Trinajstić information content (AvgIpc) is 3.42. The van der Waals surface area contributed by atoms with Gasteiger partial charge < -0.3 is 4.90 Å². The van der Waals surface area contributed by atoms with Crippen molar-refractivity contribution >= 4 is 23.6 Å². The number of rotatable bonds is 2. The molecule has 4 fully saturated rings. The summed E-state index contributed by atoms with van der Waals surface area (Å²) in [6, 6.07) is 0.112. The van der Waals surface area contributed by atoms with Gasteiger partial charge in [0, 0.05) is 25.2 Å². The van der Waals surface area contributed by atoms with Gasteiger partial charge in [0.05, 0.1) is 0 Å². The van der Waals surface area contributed by atoms with Gasteiger partial charge in [0.25, 0.3) is 5.91 Å². The highest BCUT2D eigenvalue weighted by Gasteiger charge is 2.60. The van der Waals surface area contributed by atoms with Gasteiger partial charge in [-0.25, -0.2) is 14.8 Å². The topological polar surface area (TPSA) is 68.6 Å². The number of hydrogen-bond donors (Lipinski definition) is 0. The van der Waals surface area contributed by atoms with Crippen molar-refractivity contribution in [2.24, 2.45) is 9.98 Å². The Morgan fingerprint density at radius 2 is 1.70 bits per heavy atom. The largest absolute Gasteiger partial charge is 0.341 e. The van der Waals surface area contributed by atoms with Crippen LogP contribution in [0, 0.1) is 0 Å². The Morgan fingerprint density at radius 3 is 2.30 bits per heavy atom. The summed E-state index contributed by atoms with van der Waals surface area (Å²) in [6.07, 6.45) is 6.09. The molecule has 1 atom stereocenters. The highest BCUT2D eigenvalue weighted by molar-refractivity contribution is 6.48. The van der Waals surface area contributed by atoms with Gasteiger partial charge in [-0.2, -0.15) is 0 Å². The molecule has 1 unspecified atom stereocenters. The summed E-state index contributed by atoms with van der Waals surface area (Å²) in [4.78, 5) is 40.7. The number of urea groups is 1. The Hall–Kier alpha value is -1.92. The molecule has 0 bridgehead atoms. The van der Waals surface area contributed by atoms with Gasteiger partial charge in [-0.3, -0.25) is 14.6 Å². The van der Waals surface area contributed by atoms with Gasteiger partial charge in [0.15, 0.2) is 11.4 Å². The molecule has 0 N–H and O–H groups in total. The van der Waals surface area contributed by atoms with E-state index in [9.17, 15) is 9.59 Å². The van der Waals surface area contributed by atoms with Gasteiger partial charge in [-0.15, -0.1) is 0 Å². The number of carbonyl (C=O) groups is 2. The van der Waals surface area contributed by atoms with Crippen LogP contribution in [0.4, 0.5) is 4.79 Å². The predicted molar refractivity (Wildman–Crippen MR) is 84.2 cm³/mol. The molecule has 3 aliphatic heterocycles. The van der Waals surface area contributed by atoms with Crippen LogP contribution < -0.4 is 0 Å². The molecule has 23 heavy (non-hydrogen) atoms. The molecule has 5 aliphatic rings. The lowest BCUT2D eigenvalue weighted by Crippen LogP contribution is -2.68. The van der Waals surface area contributed by atoms with Crippen LogP contribution >= 0.6 is 0 Å². The number of hydrogen-bond acceptors (Lipinski definition) is 5. The molecule has 3 heterocycles. The molecule has 0 radical (unpaired) electrons. The number of fused-ring (bicyclic) bond motifs is 1. The van der Waals surface area contributed by atoms with Crippen LogP contribution in [0.15, 0.2) is 9.98 Å². The molecule has 2 saturated heterocycles. The van der Waals surface area contributed by atoms with Crippen LogP contribution in [0.1, 0.15) is 45.4 Å². The van der Waals surface area contributed by atoms with Crippen LogP contribution in [0.2, 0.25) is 0 Å². The van der Waals surface area contributed by atoms with E-state index in [0.29, 0.717) is 11.7 Å². The van der Waals surface area contributed by atoms with E-state index in [1.807, 2.05) is 11.8 Å². The zero-order chi connectivity index (χ0) is 15.8. The second kappa shape index (κ2) is 4.33. The first-order valence-electron chi connectivity index (χ1n) is 8.70. The number of carbonyl (C=O) groups excluding carboxylic acids is 2. The zero-order valence-corrected chi connectivity index (χ0v) is 13.4. The second-order valence-corrected chi connectivity index (χ2v) is 7.38. The summed E-state index contributed by atoms with van der Waals surface area (Å²) < 4.78 is 0. The van der Waals surface area contributed by atoms with Crippen molar-refractivity contribution in [1.82, 2.24) is 14.7 Å². The molecule has 7 heteroatoms. The molecule has 5 rings (SSSR count). The Bertz CT molecular complexity index is 657. The number of amides is 3. The third-order valence-electron chi connectivity index (χ3n) is 5.49. The minimum atomic E-state index is -0.904. The van der Waals surface area contributed by atoms with E-state index in [0.717, 1.165) is 51.6 Å². The maximum absolute atomic E-state index is 13.0. The van der Waals surface area contributed by atoms with Crippen molar-refractivity contribution in [1.29, 1.82) is 0 Å². The molecule has 122 valence electrons. The van der Waals surface area contributed by atoms with E-state index in [1.165, 1.54) is 4.90 Å². The lowest BCUT2D eigenvalue weighted by molar-refractivity contribution is -0.124. The van der Waals surface area contributed by atoms with Gasteiger partial charge in [0.1, 0.15) is 0 Å². The number of guanidine groups is 1. The van der Waals surface area contributed by atoms with Crippen LogP contribution in [-0.4, -0.2) is 69.1 Å². The summed E-state index contributed by atoms with van der Waals surface area (Å²) in [5.41, 5.74) is -0.462. The lowest BCUT2D eigenvalue weighted by Gasteiger charge is -2.44. The van der Waals surface area contributed by atoms with E-state index in [-0.39, 0.29) is 24.0 Å². The van der Waals surface area contributed by atoms with Crippen LogP contribution in [0.3, 0.4) is 0 Å². The molecule has 0 spiro atoms. The third-order valence-corrected chi connectivity index (χ3v) is 5.49. The second-order valence-electron chi connectivity index (χ2n) is 7.38. The molecular formula is C16H21N5O2. The minimum absolute atomic E-state index is 0.0688. The molecule has 0 aromatic rings. The molecule has 2 saturated carbocycles. The molecule has 0 aromatic heterocycles. The summed E-state index contributed by atoms with van der Waals surface area (Å²) in [5, 5.41) is 0. The molecule has 7 nitrogen and oxygen atoms in total. The molecule has 0 aromatic carbocycles. The third kappa shape index (κ3) is 1.82. The monoisotopic (exact) mass is 315 g/mol. The number of aliphatic imine (C=N–C) groups is 2. The first-order chi connectivity index (χ1) is 11.1. The van der Waals surface area contributed by atoms with Crippen molar-refractivity contribution < 1.29 is 9.59 Å². The Labute approximate surface area is 135 Å². The summed E-state index contributed by atoms with van der Waals surface area (Å²) in [5.74, 6) is 0.416. The fourth-order valence-electron chi connectivity index (χ4n) is 3.96. The van der Waals surface area contributed by atoms with Gasteiger partial charge in [-0.05, 0) is 45.4 Å². The Morgan fingerprint density at radius 1 is 1.04 bits per heavy atom. The quantitative estimate of drug-likeness (QED) is 0.769. The van der Waals surface area contributed by atoms with E-state index < -0.39 is 5.66 Å². The normalized spacial score (nSPS) is 34.0. The van der Waals surface area contributed by atoms with E-state index in [4.69, 9.17) is 4.99 Å². The summed E-state index contributed by atoms with van der Waals surface area (Å²) in [6.45, 7) is 3.75. The molecular weight excluding hydrogens is 294 g/mol. The first-order valence-corrected chi connectivity index (χ1v) is 8.70. The predicted octanol–water partition coefficient (Wildman–Crippen LogP) is 1.20. The van der Waals surface area contributed by atoms with E-state index in [2.05, 4.69) is 9.89 Å². The first kappa shape index (κ1) is 13.5. The SMILES string of the molecule is CC12N=C(N3CCCC3)N=C1C(=O)N(C1CC1)C(=O)N2C1CC1. The average molecular weight is 315 g/mol. The Kier molecular flexibility index (Phi) is 2.54. The smallest absolute Gasteiger partial charge is 0.329 e. The van der Waals surface area contributed by atoms with E-state index >= 15 is 0 Å². The maximum Gasteiger partial charge on any atom is 0.329 e. The van der Waals surface area contributed by atoms with Crippen molar-refractivity contribution in [3.05, 3.63) is 0 Å². The van der Waals surface area contributed by atoms with Gasteiger partial charge >= 0.3 is 6.03 Å². The van der Waals surface area contributed by atoms with Crippen molar-refractivity contribution in [2.75, 3.05) is 13.1 Å². The van der Waals surface area contributed by atoms with Gasteiger partial charge in [0.2, 0.25) is 5.96 Å². The lowest BCUT2D eigenvalue weighted by atomic mass is 10.0. The number of nitrogens with zero attached hydrogens (tertiary/aromatic N) is 5. The van der Waals surface area contributed by atoms with Crippen molar-refractivity contribution in [3.63, 3.8) is 0 Å². The van der Waals surface area contributed by atoms with E-state index in [1.54, 1.807) is 0 Å². The highest BCUT2D eigenvalue weighted by atomic mass is 16.2. The van der Waals surface area contributed by atoms with Crippen LogP contribution in [0.25, 0.3) is 0 Å². The standard InChI is InChI=1S/C16H21N5O2/c1-16-12(17-14(18-16)19-8-2-3-9-19)13(22)20(10-4-5-10)15(23)21(16)11-6-7-11/h10-11H,2-9H2,1H3. The number of imide groups is 1. The van der Waals surface area contributed by atoms with Crippen LogP contribution in [-0.2, 0) is 4.79 Å². The maximum atomic E-state index is 13.0. The highest BCUT2D eigenvalue weighted by Crippen LogP contribution is 2.43. The van der Waals surface area contributed by atoms with Gasteiger partial charge in [-0.1, -0.05) is 0 Å². The molecule has 2 aliphatic carbocycles. The Balaban J connectivity index is 1.58.